The number of halogens is 3. The van der Waals surface area contributed by atoms with Crippen LogP contribution < -0.4 is 10.6 Å². The summed E-state index contributed by atoms with van der Waals surface area (Å²) < 4.78 is 35.8. The van der Waals surface area contributed by atoms with Gasteiger partial charge in [-0.2, -0.15) is 18.2 Å². The third-order valence-electron chi connectivity index (χ3n) is 1.89. The highest BCUT2D eigenvalue weighted by atomic mass is 19.4. The van der Waals surface area contributed by atoms with Gasteiger partial charge in [0.2, 0.25) is 11.8 Å². The first-order valence-corrected chi connectivity index (χ1v) is 4.83. The molecule has 10 heteroatoms. The largest absolute Gasteiger partial charge is 0.390 e. The van der Waals surface area contributed by atoms with Crippen molar-refractivity contribution in [2.24, 2.45) is 0 Å². The first-order chi connectivity index (χ1) is 8.33. The molecular weight excluding hydrogens is 255 g/mol. The highest BCUT2D eigenvalue weighted by Gasteiger charge is 2.27. The molecule has 2 N–H and O–H groups in total. The average molecular weight is 265 g/mol. The van der Waals surface area contributed by atoms with Crippen LogP contribution in [0.25, 0.3) is 0 Å². The van der Waals surface area contributed by atoms with Crippen molar-refractivity contribution in [3.63, 3.8) is 0 Å². The monoisotopic (exact) mass is 265 g/mol. The van der Waals surface area contributed by atoms with E-state index in [0.717, 1.165) is 6.20 Å². The summed E-state index contributed by atoms with van der Waals surface area (Å²) in [6, 6.07) is 0. The second-order valence-electron chi connectivity index (χ2n) is 3.23. The van der Waals surface area contributed by atoms with Crippen molar-refractivity contribution in [2.75, 3.05) is 24.2 Å². The molecule has 0 spiro atoms. The van der Waals surface area contributed by atoms with E-state index in [4.69, 9.17) is 0 Å². The molecule has 0 unspecified atom stereocenters. The van der Waals surface area contributed by atoms with Gasteiger partial charge in [0.05, 0.1) is 11.3 Å². The fourth-order valence-electron chi connectivity index (χ4n) is 1.08. The van der Waals surface area contributed by atoms with E-state index in [0.29, 0.717) is 0 Å². The molecule has 100 valence electrons. The van der Waals surface area contributed by atoms with Crippen LogP contribution in [0.1, 0.15) is 6.42 Å². The average Bonchev–Trinajstić information content (AvgIpc) is 2.26. The zero-order valence-electron chi connectivity index (χ0n) is 9.28. The van der Waals surface area contributed by atoms with E-state index in [-0.39, 0.29) is 11.8 Å². The maximum absolute atomic E-state index is 11.9. The molecule has 0 amide bonds. The molecule has 0 aliphatic heterocycles. The molecule has 0 aliphatic carbocycles. The third kappa shape index (κ3) is 4.03. The van der Waals surface area contributed by atoms with Gasteiger partial charge in [-0.25, -0.2) is 4.98 Å². The molecule has 0 aliphatic rings. The number of nitro groups is 1. The van der Waals surface area contributed by atoms with Gasteiger partial charge in [-0.05, 0) is 0 Å². The van der Waals surface area contributed by atoms with Crippen LogP contribution in [0.5, 0.6) is 0 Å². The van der Waals surface area contributed by atoms with Gasteiger partial charge in [0.15, 0.2) is 0 Å². The Balaban J connectivity index is 2.81. The second-order valence-corrected chi connectivity index (χ2v) is 3.23. The first-order valence-electron chi connectivity index (χ1n) is 4.83. The maximum Gasteiger partial charge on any atom is 0.390 e. The van der Waals surface area contributed by atoms with Crippen molar-refractivity contribution in [1.29, 1.82) is 0 Å². The molecule has 1 heterocycles. The van der Waals surface area contributed by atoms with Gasteiger partial charge in [0.1, 0.15) is 6.20 Å². The van der Waals surface area contributed by atoms with Gasteiger partial charge in [-0.3, -0.25) is 10.1 Å². The molecule has 0 atom stereocenters. The zero-order chi connectivity index (χ0) is 13.8. The topological polar surface area (TPSA) is 93.0 Å². The number of anilines is 2. The molecule has 0 bridgehead atoms. The predicted octanol–water partition coefficient (Wildman–Crippen LogP) is 1.79. The summed E-state index contributed by atoms with van der Waals surface area (Å²) in [6.45, 7) is -0.496. The molecular formula is C8H10F3N5O2. The Bertz CT molecular complexity index is 437. The summed E-state index contributed by atoms with van der Waals surface area (Å²) in [5, 5.41) is 15.4. The molecule has 0 fully saturated rings. The van der Waals surface area contributed by atoms with Crippen LogP contribution in [0.4, 0.5) is 30.6 Å². The zero-order valence-corrected chi connectivity index (χ0v) is 9.28. The lowest BCUT2D eigenvalue weighted by Crippen LogP contribution is -2.16. The van der Waals surface area contributed by atoms with E-state index < -0.39 is 29.8 Å². The number of rotatable bonds is 5. The SMILES string of the molecule is CNc1ncc([N+](=O)[O-])c(NCCC(F)(F)F)n1. The van der Waals surface area contributed by atoms with E-state index >= 15 is 0 Å². The van der Waals surface area contributed by atoms with E-state index in [9.17, 15) is 23.3 Å². The molecule has 7 nitrogen and oxygen atoms in total. The van der Waals surface area contributed by atoms with Crippen LogP contribution in [0.15, 0.2) is 6.20 Å². The lowest BCUT2D eigenvalue weighted by Gasteiger charge is -2.09. The Labute approximate surface area is 99.6 Å². The fraction of sp³-hybridized carbons (Fsp3) is 0.500. The molecule has 0 radical (unpaired) electrons. The number of nitrogens with zero attached hydrogens (tertiary/aromatic N) is 3. The molecule has 0 saturated heterocycles. The second kappa shape index (κ2) is 5.47. The summed E-state index contributed by atoms with van der Waals surface area (Å²) in [4.78, 5) is 17.2. The Kier molecular flexibility index (Phi) is 4.23. The highest BCUT2D eigenvalue weighted by Crippen LogP contribution is 2.23. The lowest BCUT2D eigenvalue weighted by atomic mass is 10.4. The van der Waals surface area contributed by atoms with Crippen molar-refractivity contribution < 1.29 is 18.1 Å². The van der Waals surface area contributed by atoms with Gasteiger partial charge in [-0.15, -0.1) is 0 Å². The lowest BCUT2D eigenvalue weighted by molar-refractivity contribution is -0.384. The molecule has 18 heavy (non-hydrogen) atoms. The summed E-state index contributed by atoms with van der Waals surface area (Å²) in [5.74, 6) is -0.168. The summed E-state index contributed by atoms with van der Waals surface area (Å²) >= 11 is 0. The van der Waals surface area contributed by atoms with Crippen LogP contribution in [-0.2, 0) is 0 Å². The minimum atomic E-state index is -4.33. The van der Waals surface area contributed by atoms with Crippen LogP contribution in [-0.4, -0.2) is 34.7 Å². The van der Waals surface area contributed by atoms with Crippen LogP contribution in [0, 0.1) is 10.1 Å². The Morgan fingerprint density at radius 2 is 2.17 bits per heavy atom. The number of aromatic nitrogens is 2. The van der Waals surface area contributed by atoms with Gasteiger partial charge in [0, 0.05) is 13.6 Å². The van der Waals surface area contributed by atoms with Crippen LogP contribution in [0.2, 0.25) is 0 Å². The summed E-state index contributed by atoms with van der Waals surface area (Å²) in [7, 11) is 1.49. The molecule has 0 aromatic carbocycles. The molecule has 0 saturated carbocycles. The third-order valence-corrected chi connectivity index (χ3v) is 1.89. The van der Waals surface area contributed by atoms with E-state index in [1.165, 1.54) is 7.05 Å². The maximum atomic E-state index is 11.9. The Hall–Kier alpha value is -2.13. The smallest absolute Gasteiger partial charge is 0.364 e. The van der Waals surface area contributed by atoms with Crippen LogP contribution >= 0.6 is 0 Å². The Morgan fingerprint density at radius 3 is 2.67 bits per heavy atom. The van der Waals surface area contributed by atoms with Gasteiger partial charge in [-0.1, -0.05) is 0 Å². The number of hydrogen-bond acceptors (Lipinski definition) is 6. The quantitative estimate of drug-likeness (QED) is 0.622. The number of hydrogen-bond donors (Lipinski definition) is 2. The van der Waals surface area contributed by atoms with Crippen LogP contribution in [0.3, 0.4) is 0 Å². The molecule has 1 aromatic rings. The minimum Gasteiger partial charge on any atom is -0.364 e. The van der Waals surface area contributed by atoms with E-state index in [1.54, 1.807) is 0 Å². The molecule has 1 aromatic heterocycles. The van der Waals surface area contributed by atoms with Crippen molar-refractivity contribution >= 4 is 17.5 Å². The Morgan fingerprint density at radius 1 is 1.50 bits per heavy atom. The van der Waals surface area contributed by atoms with Crippen molar-refractivity contribution in [3.8, 4) is 0 Å². The minimum absolute atomic E-state index is 0.0788. The standard InChI is InChI=1S/C8H10F3N5O2/c1-12-7-14-4-5(16(17)18)6(15-7)13-3-2-8(9,10)11/h4H,2-3H2,1H3,(H2,12,13,14,15). The first kappa shape index (κ1) is 13.9. The molecule has 1 rings (SSSR count). The van der Waals surface area contributed by atoms with Gasteiger partial charge >= 0.3 is 11.9 Å². The van der Waals surface area contributed by atoms with Crippen molar-refractivity contribution in [2.45, 2.75) is 12.6 Å². The normalized spacial score (nSPS) is 11.1. The van der Waals surface area contributed by atoms with Crippen molar-refractivity contribution in [3.05, 3.63) is 16.3 Å². The highest BCUT2D eigenvalue weighted by molar-refractivity contribution is 5.56. The summed E-state index contributed by atoms with van der Waals surface area (Å²) in [5.41, 5.74) is -0.476. The predicted molar refractivity (Wildman–Crippen MR) is 57.4 cm³/mol. The fourth-order valence-corrected chi connectivity index (χ4v) is 1.08. The van der Waals surface area contributed by atoms with E-state index in [2.05, 4.69) is 20.6 Å². The van der Waals surface area contributed by atoms with E-state index in [1.807, 2.05) is 0 Å². The van der Waals surface area contributed by atoms with Gasteiger partial charge < -0.3 is 10.6 Å². The van der Waals surface area contributed by atoms with Crippen molar-refractivity contribution in [1.82, 2.24) is 9.97 Å². The number of alkyl halides is 3. The van der Waals surface area contributed by atoms with Gasteiger partial charge in [0.25, 0.3) is 0 Å². The number of nitrogens with one attached hydrogen (secondary N) is 2. The summed E-state index contributed by atoms with van der Waals surface area (Å²) in [6.07, 6.45) is -4.52.